The Bertz CT molecular complexity index is 402. The summed E-state index contributed by atoms with van der Waals surface area (Å²) in [7, 11) is 0. The smallest absolute Gasteiger partial charge is 0.309 e. The second-order valence-corrected chi connectivity index (χ2v) is 3.90. The molecule has 0 unspecified atom stereocenters. The molecule has 0 spiro atoms. The molecule has 1 fully saturated rings. The van der Waals surface area contributed by atoms with Gasteiger partial charge in [0, 0.05) is 0 Å². The molecule has 1 aromatic heterocycles. The number of carbonyl (C=O) groups excluding carboxylic acids is 1. The van der Waals surface area contributed by atoms with Gasteiger partial charge in [0.2, 0.25) is 11.9 Å². The molecule has 7 heteroatoms. The van der Waals surface area contributed by atoms with E-state index in [9.17, 15) is 4.79 Å². The van der Waals surface area contributed by atoms with Gasteiger partial charge in [-0.05, 0) is 12.3 Å². The topological polar surface area (TPSA) is 117 Å². The van der Waals surface area contributed by atoms with E-state index in [0.29, 0.717) is 5.92 Å². The fraction of sp³-hybridized carbons (Fsp3) is 0.556. The summed E-state index contributed by atoms with van der Waals surface area (Å²) in [5.41, 5.74) is 10.8. The number of anilines is 2. The first kappa shape index (κ1) is 10.6. The van der Waals surface area contributed by atoms with E-state index < -0.39 is 0 Å². The van der Waals surface area contributed by atoms with Crippen LogP contribution in [0, 0.1) is 11.8 Å². The van der Waals surface area contributed by atoms with Gasteiger partial charge < -0.3 is 16.2 Å². The van der Waals surface area contributed by atoms with Crippen molar-refractivity contribution in [2.75, 3.05) is 11.5 Å². The van der Waals surface area contributed by atoms with Crippen LogP contribution in [0.15, 0.2) is 0 Å². The van der Waals surface area contributed by atoms with E-state index in [0.717, 1.165) is 6.42 Å². The molecule has 16 heavy (non-hydrogen) atoms. The highest BCUT2D eigenvalue weighted by Crippen LogP contribution is 2.38. The van der Waals surface area contributed by atoms with E-state index in [2.05, 4.69) is 15.0 Å². The Morgan fingerprint density at radius 3 is 2.44 bits per heavy atom. The lowest BCUT2D eigenvalue weighted by Crippen LogP contribution is -2.12. The van der Waals surface area contributed by atoms with E-state index in [1.165, 1.54) is 0 Å². The van der Waals surface area contributed by atoms with E-state index >= 15 is 0 Å². The Labute approximate surface area is 92.2 Å². The fourth-order valence-corrected chi connectivity index (χ4v) is 1.41. The number of carbonyl (C=O) groups is 1. The Morgan fingerprint density at radius 2 is 1.94 bits per heavy atom. The summed E-state index contributed by atoms with van der Waals surface area (Å²) < 4.78 is 5.03. The lowest BCUT2D eigenvalue weighted by molar-refractivity contribution is -0.147. The Kier molecular flexibility index (Phi) is 2.59. The normalized spacial score (nSPS) is 22.8. The van der Waals surface area contributed by atoms with E-state index in [1.807, 2.05) is 6.92 Å². The number of aromatic nitrogens is 3. The van der Waals surface area contributed by atoms with Crippen LogP contribution in [0.3, 0.4) is 0 Å². The van der Waals surface area contributed by atoms with Gasteiger partial charge in [-0.1, -0.05) is 6.92 Å². The zero-order valence-electron chi connectivity index (χ0n) is 8.88. The lowest BCUT2D eigenvalue weighted by Gasteiger charge is -2.03. The highest BCUT2D eigenvalue weighted by atomic mass is 16.5. The SMILES string of the molecule is C[C@@H]1C[C@@H]1C(=O)OCc1nc(N)nc(N)n1. The molecule has 1 saturated carbocycles. The third-order valence-electron chi connectivity index (χ3n) is 2.47. The molecule has 0 amide bonds. The van der Waals surface area contributed by atoms with Crippen molar-refractivity contribution in [2.45, 2.75) is 20.0 Å². The highest BCUT2D eigenvalue weighted by molar-refractivity contribution is 5.75. The monoisotopic (exact) mass is 223 g/mol. The summed E-state index contributed by atoms with van der Waals surface area (Å²) in [6, 6.07) is 0. The standard InChI is InChI=1S/C9H13N5O2/c1-4-2-5(4)7(15)16-3-6-12-8(10)14-9(11)13-6/h4-5H,2-3H2,1H3,(H4,10,11,12,13,14)/t4-,5+/m1/s1. The summed E-state index contributed by atoms with van der Waals surface area (Å²) in [6.07, 6.45) is 0.889. The van der Waals surface area contributed by atoms with Gasteiger partial charge >= 0.3 is 5.97 Å². The van der Waals surface area contributed by atoms with E-state index in [1.54, 1.807) is 0 Å². The predicted octanol–water partition coefficient (Wildman–Crippen LogP) is -0.265. The Morgan fingerprint density at radius 1 is 1.38 bits per heavy atom. The van der Waals surface area contributed by atoms with Crippen LogP contribution in [0.1, 0.15) is 19.2 Å². The molecule has 0 aromatic carbocycles. The van der Waals surface area contributed by atoms with Gasteiger partial charge in [0.25, 0.3) is 0 Å². The van der Waals surface area contributed by atoms with Crippen LogP contribution < -0.4 is 11.5 Å². The maximum absolute atomic E-state index is 11.4. The first-order chi connectivity index (χ1) is 7.56. The molecule has 1 aromatic rings. The molecule has 2 rings (SSSR count). The molecule has 1 heterocycles. The Hall–Kier alpha value is -1.92. The number of nitrogens with two attached hydrogens (primary N) is 2. The van der Waals surface area contributed by atoms with Gasteiger partial charge in [-0.25, -0.2) is 0 Å². The molecule has 0 saturated heterocycles. The molecule has 0 aliphatic heterocycles. The molecule has 4 N–H and O–H groups in total. The first-order valence-electron chi connectivity index (χ1n) is 4.99. The van der Waals surface area contributed by atoms with Gasteiger partial charge in [0.05, 0.1) is 5.92 Å². The van der Waals surface area contributed by atoms with Crippen molar-refractivity contribution in [1.29, 1.82) is 0 Å². The maximum atomic E-state index is 11.4. The van der Waals surface area contributed by atoms with Crippen LogP contribution in [0.4, 0.5) is 11.9 Å². The van der Waals surface area contributed by atoms with Crippen LogP contribution in [0.2, 0.25) is 0 Å². The summed E-state index contributed by atoms with van der Waals surface area (Å²) in [5, 5.41) is 0. The quantitative estimate of drug-likeness (QED) is 0.677. The second-order valence-electron chi connectivity index (χ2n) is 3.90. The number of esters is 1. The van der Waals surface area contributed by atoms with Crippen LogP contribution in [0.25, 0.3) is 0 Å². The van der Waals surface area contributed by atoms with Crippen molar-refractivity contribution in [3.8, 4) is 0 Å². The van der Waals surface area contributed by atoms with Gasteiger partial charge in [0.1, 0.15) is 0 Å². The van der Waals surface area contributed by atoms with Gasteiger partial charge in [-0.3, -0.25) is 4.79 Å². The number of nitrogens with zero attached hydrogens (tertiary/aromatic N) is 3. The number of rotatable bonds is 3. The molecule has 1 aliphatic rings. The van der Waals surface area contributed by atoms with E-state index in [4.69, 9.17) is 16.2 Å². The number of nitrogen functional groups attached to an aromatic ring is 2. The minimum atomic E-state index is -0.218. The highest BCUT2D eigenvalue weighted by Gasteiger charge is 2.40. The van der Waals surface area contributed by atoms with Crippen molar-refractivity contribution >= 4 is 17.9 Å². The molecule has 1 aliphatic carbocycles. The summed E-state index contributed by atoms with van der Waals surface area (Å²) in [5.74, 6) is 0.547. The van der Waals surface area contributed by atoms with Crippen molar-refractivity contribution in [3.05, 3.63) is 5.82 Å². The minimum Gasteiger partial charge on any atom is -0.457 e. The van der Waals surface area contributed by atoms with E-state index in [-0.39, 0.29) is 36.2 Å². The maximum Gasteiger partial charge on any atom is 0.309 e. The minimum absolute atomic E-state index is 0.0149. The number of hydrogen-bond donors (Lipinski definition) is 2. The molecule has 0 radical (unpaired) electrons. The zero-order valence-corrected chi connectivity index (χ0v) is 8.88. The molecular weight excluding hydrogens is 210 g/mol. The third-order valence-corrected chi connectivity index (χ3v) is 2.47. The molecule has 7 nitrogen and oxygen atoms in total. The third kappa shape index (κ3) is 2.36. The Balaban J connectivity index is 1.91. The van der Waals surface area contributed by atoms with Crippen molar-refractivity contribution < 1.29 is 9.53 Å². The summed E-state index contributed by atoms with van der Waals surface area (Å²) >= 11 is 0. The van der Waals surface area contributed by atoms with Gasteiger partial charge in [0.15, 0.2) is 12.4 Å². The van der Waals surface area contributed by atoms with Crippen LogP contribution >= 0.6 is 0 Å². The first-order valence-corrected chi connectivity index (χ1v) is 4.99. The van der Waals surface area contributed by atoms with Crippen LogP contribution in [-0.4, -0.2) is 20.9 Å². The number of ether oxygens (including phenoxy) is 1. The number of hydrogen-bond acceptors (Lipinski definition) is 7. The second kappa shape index (κ2) is 3.92. The van der Waals surface area contributed by atoms with Gasteiger partial charge in [-0.2, -0.15) is 15.0 Å². The zero-order chi connectivity index (χ0) is 11.7. The lowest BCUT2D eigenvalue weighted by atomic mass is 10.3. The van der Waals surface area contributed by atoms with Gasteiger partial charge in [-0.15, -0.1) is 0 Å². The molecule has 0 bridgehead atoms. The fourth-order valence-electron chi connectivity index (χ4n) is 1.41. The van der Waals surface area contributed by atoms with Crippen LogP contribution in [0.5, 0.6) is 0 Å². The van der Waals surface area contributed by atoms with Crippen molar-refractivity contribution in [2.24, 2.45) is 11.8 Å². The average Bonchev–Trinajstić information content (AvgIpc) is 2.90. The summed E-state index contributed by atoms with van der Waals surface area (Å²) in [4.78, 5) is 22.6. The largest absolute Gasteiger partial charge is 0.457 e. The predicted molar refractivity (Wildman–Crippen MR) is 55.7 cm³/mol. The molecular formula is C9H13N5O2. The average molecular weight is 223 g/mol. The van der Waals surface area contributed by atoms with Crippen molar-refractivity contribution in [3.63, 3.8) is 0 Å². The van der Waals surface area contributed by atoms with Crippen LogP contribution in [-0.2, 0) is 16.1 Å². The summed E-state index contributed by atoms with van der Waals surface area (Å²) in [6.45, 7) is 1.99. The molecule has 2 atom stereocenters. The van der Waals surface area contributed by atoms with Crippen molar-refractivity contribution in [1.82, 2.24) is 15.0 Å². The molecule has 86 valence electrons.